The fourth-order valence-electron chi connectivity index (χ4n) is 0.999. The first-order valence-electron chi connectivity index (χ1n) is 4.82. The van der Waals surface area contributed by atoms with Gasteiger partial charge in [0.25, 0.3) is 0 Å². The van der Waals surface area contributed by atoms with Crippen molar-refractivity contribution in [2.24, 2.45) is 11.1 Å². The first-order chi connectivity index (χ1) is 7.76. The number of rotatable bonds is 3. The third-order valence-electron chi connectivity index (χ3n) is 2.38. The molecule has 0 heterocycles. The van der Waals surface area contributed by atoms with Crippen molar-refractivity contribution in [1.82, 2.24) is 0 Å². The number of halogens is 2. The van der Waals surface area contributed by atoms with Crippen LogP contribution >= 0.6 is 23.8 Å². The lowest BCUT2D eigenvalue weighted by Gasteiger charge is -2.22. The predicted octanol–water partition coefficient (Wildman–Crippen LogP) is 2.73. The first-order valence-corrected chi connectivity index (χ1v) is 5.61. The highest BCUT2D eigenvalue weighted by Crippen LogP contribution is 2.27. The summed E-state index contributed by atoms with van der Waals surface area (Å²) in [5.74, 6) is -1.11. The van der Waals surface area contributed by atoms with E-state index in [1.807, 2.05) is 0 Å². The number of carbonyl (C=O) groups excluding carboxylic acids is 1. The zero-order valence-electron chi connectivity index (χ0n) is 9.38. The average molecular weight is 275 g/mol. The average Bonchev–Trinajstić information content (AvgIpc) is 2.23. The third-order valence-corrected chi connectivity index (χ3v) is 3.21. The minimum absolute atomic E-state index is 0.0301. The van der Waals surface area contributed by atoms with Crippen LogP contribution in [0.4, 0.5) is 10.1 Å². The van der Waals surface area contributed by atoms with Crippen molar-refractivity contribution in [2.45, 2.75) is 13.8 Å². The highest BCUT2D eigenvalue weighted by molar-refractivity contribution is 7.80. The Morgan fingerprint density at radius 1 is 1.53 bits per heavy atom. The van der Waals surface area contributed by atoms with Crippen LogP contribution in [0.5, 0.6) is 0 Å². The van der Waals surface area contributed by atoms with E-state index in [-0.39, 0.29) is 15.7 Å². The van der Waals surface area contributed by atoms with Gasteiger partial charge in [0.15, 0.2) is 0 Å². The second-order valence-corrected chi connectivity index (χ2v) is 4.89. The third kappa shape index (κ3) is 2.92. The summed E-state index contributed by atoms with van der Waals surface area (Å²) in [5, 5.41) is 2.51. The number of nitrogens with one attached hydrogen (secondary N) is 1. The lowest BCUT2D eigenvalue weighted by atomic mass is 9.92. The topological polar surface area (TPSA) is 55.1 Å². The molecule has 1 aromatic rings. The van der Waals surface area contributed by atoms with Crippen molar-refractivity contribution in [1.29, 1.82) is 0 Å². The number of benzene rings is 1. The summed E-state index contributed by atoms with van der Waals surface area (Å²) in [7, 11) is 0. The number of anilines is 1. The fourth-order valence-corrected chi connectivity index (χ4v) is 1.30. The van der Waals surface area contributed by atoms with Gasteiger partial charge in [-0.25, -0.2) is 4.39 Å². The van der Waals surface area contributed by atoms with E-state index in [9.17, 15) is 9.18 Å². The Morgan fingerprint density at radius 2 is 2.12 bits per heavy atom. The van der Waals surface area contributed by atoms with Crippen LogP contribution in [0.15, 0.2) is 18.2 Å². The van der Waals surface area contributed by atoms with Gasteiger partial charge in [-0.15, -0.1) is 0 Å². The van der Waals surface area contributed by atoms with E-state index in [2.05, 4.69) is 5.32 Å². The highest BCUT2D eigenvalue weighted by Gasteiger charge is 2.31. The number of carbonyl (C=O) groups is 1. The van der Waals surface area contributed by atoms with E-state index in [0.29, 0.717) is 0 Å². The minimum atomic E-state index is -1.07. The van der Waals surface area contributed by atoms with Crippen molar-refractivity contribution in [3.8, 4) is 0 Å². The molecule has 0 saturated heterocycles. The van der Waals surface area contributed by atoms with E-state index in [1.54, 1.807) is 13.8 Å². The number of hydrogen-bond acceptors (Lipinski definition) is 2. The monoisotopic (exact) mass is 274 g/mol. The molecule has 1 rings (SSSR count). The maximum Gasteiger partial charge on any atom is 0.236 e. The number of hydrogen-bond donors (Lipinski definition) is 2. The van der Waals surface area contributed by atoms with E-state index >= 15 is 0 Å². The van der Waals surface area contributed by atoms with E-state index < -0.39 is 17.1 Å². The molecule has 17 heavy (non-hydrogen) atoms. The SMILES string of the molecule is CC(C)(C(=O)Nc1c(F)cccc1Cl)C(N)=S. The quantitative estimate of drug-likeness (QED) is 0.834. The number of amides is 1. The van der Waals surface area contributed by atoms with Crippen LogP contribution in [0.3, 0.4) is 0 Å². The molecular weight excluding hydrogens is 263 g/mol. The molecule has 3 N–H and O–H groups in total. The van der Waals surface area contributed by atoms with Gasteiger partial charge in [-0.1, -0.05) is 29.9 Å². The molecule has 0 aliphatic heterocycles. The number of para-hydroxylation sites is 1. The number of thiocarbonyl (C=S) groups is 1. The highest BCUT2D eigenvalue weighted by atomic mass is 35.5. The molecule has 6 heteroatoms. The van der Waals surface area contributed by atoms with Gasteiger partial charge in [-0.3, -0.25) is 4.79 Å². The first kappa shape index (κ1) is 13.9. The van der Waals surface area contributed by atoms with Gasteiger partial charge in [0, 0.05) is 0 Å². The Bertz CT molecular complexity index is 456. The minimum Gasteiger partial charge on any atom is -0.392 e. The molecule has 0 aliphatic carbocycles. The molecule has 0 atom stereocenters. The van der Waals surface area contributed by atoms with Crippen LogP contribution < -0.4 is 11.1 Å². The zero-order valence-corrected chi connectivity index (χ0v) is 11.0. The number of nitrogens with two attached hydrogens (primary N) is 1. The molecule has 0 unspecified atom stereocenters. The molecule has 3 nitrogen and oxygen atoms in total. The molecule has 0 saturated carbocycles. The van der Waals surface area contributed by atoms with Gasteiger partial charge in [0.2, 0.25) is 5.91 Å². The second-order valence-electron chi connectivity index (χ2n) is 4.04. The van der Waals surface area contributed by atoms with Crippen LogP contribution in [0.2, 0.25) is 5.02 Å². The van der Waals surface area contributed by atoms with E-state index in [1.165, 1.54) is 18.2 Å². The molecule has 0 aliphatic rings. The Labute approximate surface area is 109 Å². The summed E-state index contributed by atoms with van der Waals surface area (Å²) in [6.45, 7) is 3.11. The molecule has 0 bridgehead atoms. The van der Waals surface area contributed by atoms with E-state index in [4.69, 9.17) is 29.6 Å². The van der Waals surface area contributed by atoms with Gasteiger partial charge < -0.3 is 11.1 Å². The Kier molecular flexibility index (Phi) is 4.06. The largest absolute Gasteiger partial charge is 0.392 e. The van der Waals surface area contributed by atoms with Gasteiger partial charge in [0.05, 0.1) is 21.1 Å². The molecule has 0 spiro atoms. The smallest absolute Gasteiger partial charge is 0.236 e. The zero-order chi connectivity index (χ0) is 13.2. The van der Waals surface area contributed by atoms with Crippen LogP contribution in [0.25, 0.3) is 0 Å². The van der Waals surface area contributed by atoms with Gasteiger partial charge in [-0.05, 0) is 26.0 Å². The molecule has 1 aromatic carbocycles. The molecule has 1 amide bonds. The van der Waals surface area contributed by atoms with Gasteiger partial charge >= 0.3 is 0 Å². The fraction of sp³-hybridized carbons (Fsp3) is 0.273. The normalized spacial score (nSPS) is 11.1. The molecule has 0 aromatic heterocycles. The van der Waals surface area contributed by atoms with Gasteiger partial charge in [-0.2, -0.15) is 0 Å². The second kappa shape index (κ2) is 4.98. The molecule has 0 radical (unpaired) electrons. The standard InChI is InChI=1S/C11H12ClFN2OS/c1-11(2,9(14)17)10(16)15-8-6(12)4-3-5-7(8)13/h3-5H,1-2H3,(H2,14,17)(H,15,16). The summed E-state index contributed by atoms with van der Waals surface area (Å²) in [5.41, 5.74) is 4.31. The summed E-state index contributed by atoms with van der Waals surface area (Å²) < 4.78 is 13.4. The van der Waals surface area contributed by atoms with Crippen LogP contribution in [0.1, 0.15) is 13.8 Å². The van der Waals surface area contributed by atoms with E-state index in [0.717, 1.165) is 0 Å². The lowest BCUT2D eigenvalue weighted by Crippen LogP contribution is -2.41. The maximum atomic E-state index is 13.4. The Balaban J connectivity index is 3.00. The van der Waals surface area contributed by atoms with Crippen LogP contribution in [-0.2, 0) is 4.79 Å². The Hall–Kier alpha value is -1.20. The van der Waals surface area contributed by atoms with Crippen molar-refractivity contribution in [2.75, 3.05) is 5.32 Å². The van der Waals surface area contributed by atoms with Gasteiger partial charge in [0.1, 0.15) is 5.82 Å². The molecule has 0 fully saturated rings. The summed E-state index contributed by atoms with van der Waals surface area (Å²) in [4.78, 5) is 11.9. The van der Waals surface area contributed by atoms with Crippen molar-refractivity contribution in [3.05, 3.63) is 29.0 Å². The van der Waals surface area contributed by atoms with Crippen LogP contribution in [0, 0.1) is 11.2 Å². The summed E-state index contributed by atoms with van der Waals surface area (Å²) >= 11 is 10.6. The molecule has 92 valence electrons. The molecular formula is C11H12ClFN2OS. The van der Waals surface area contributed by atoms with Crippen molar-refractivity contribution < 1.29 is 9.18 Å². The van der Waals surface area contributed by atoms with Crippen molar-refractivity contribution in [3.63, 3.8) is 0 Å². The Morgan fingerprint density at radius 3 is 2.59 bits per heavy atom. The summed E-state index contributed by atoms with van der Waals surface area (Å²) in [6, 6.07) is 4.13. The predicted molar refractivity (Wildman–Crippen MR) is 70.6 cm³/mol. The van der Waals surface area contributed by atoms with Crippen molar-refractivity contribution >= 4 is 40.4 Å². The maximum absolute atomic E-state index is 13.4. The lowest BCUT2D eigenvalue weighted by molar-refractivity contribution is -0.121. The van der Waals surface area contributed by atoms with Crippen LogP contribution in [-0.4, -0.2) is 10.9 Å². The summed E-state index contributed by atoms with van der Waals surface area (Å²) in [6.07, 6.45) is 0.